The van der Waals surface area contributed by atoms with Crippen LogP contribution in [0.1, 0.15) is 5.69 Å². The fraction of sp³-hybridized carbons (Fsp3) is 0.231. The zero-order chi connectivity index (χ0) is 24.7. The van der Waals surface area contributed by atoms with E-state index in [-0.39, 0.29) is 0 Å². The second kappa shape index (κ2) is 10.9. The number of ether oxygens (including phenoxy) is 3. The van der Waals surface area contributed by atoms with E-state index in [1.165, 1.54) is 0 Å². The van der Waals surface area contributed by atoms with E-state index in [1.54, 1.807) is 16.8 Å². The predicted molar refractivity (Wildman–Crippen MR) is 138 cm³/mol. The quantitative estimate of drug-likeness (QED) is 0.270. The Balaban J connectivity index is 0.992. The average molecular weight is 486 g/mol. The summed E-state index contributed by atoms with van der Waals surface area (Å²) >= 11 is 0. The van der Waals surface area contributed by atoms with Crippen molar-refractivity contribution in [3.63, 3.8) is 0 Å². The van der Waals surface area contributed by atoms with Crippen LogP contribution in [0.5, 0.6) is 11.5 Å². The molecule has 3 aromatic heterocycles. The second-order valence-corrected chi connectivity index (χ2v) is 8.21. The van der Waals surface area contributed by atoms with Crippen molar-refractivity contribution >= 4 is 33.4 Å². The summed E-state index contributed by atoms with van der Waals surface area (Å²) in [6.07, 6.45) is 2.56. The molecule has 0 spiro atoms. The summed E-state index contributed by atoms with van der Waals surface area (Å²) in [7, 11) is 0. The third-order valence-electron chi connectivity index (χ3n) is 5.54. The minimum atomic E-state index is 0.450. The van der Waals surface area contributed by atoms with Crippen LogP contribution < -0.4 is 20.9 Å². The molecule has 36 heavy (non-hydrogen) atoms. The number of hydrogen-bond donors (Lipinski definition) is 2. The maximum Gasteiger partial charge on any atom is 0.124 e. The first-order valence-corrected chi connectivity index (χ1v) is 11.7. The van der Waals surface area contributed by atoms with Crippen molar-refractivity contribution in [1.82, 2.24) is 25.0 Å². The van der Waals surface area contributed by atoms with Crippen LogP contribution in [-0.4, -0.2) is 51.4 Å². The van der Waals surface area contributed by atoms with Crippen LogP contribution in [0.3, 0.4) is 0 Å². The first-order valence-electron chi connectivity index (χ1n) is 11.7. The normalized spacial score (nSPS) is 11.2. The van der Waals surface area contributed by atoms with Gasteiger partial charge in [0.15, 0.2) is 0 Å². The Bertz CT molecular complexity index is 1470. The van der Waals surface area contributed by atoms with Gasteiger partial charge in [0.1, 0.15) is 29.7 Å². The molecule has 0 fully saturated rings. The van der Waals surface area contributed by atoms with Crippen LogP contribution in [-0.2, 0) is 17.7 Å². The van der Waals surface area contributed by atoms with Crippen LogP contribution in [0.25, 0.3) is 21.8 Å². The molecule has 10 heteroatoms. The zero-order valence-electron chi connectivity index (χ0n) is 19.7. The predicted octanol–water partition coefficient (Wildman–Crippen LogP) is 3.26. The number of pyridine rings is 2. The molecule has 0 amide bonds. The van der Waals surface area contributed by atoms with Crippen LogP contribution >= 0.6 is 0 Å². The Hall–Kier alpha value is -4.44. The molecule has 10 nitrogen and oxygen atoms in total. The highest BCUT2D eigenvalue weighted by Crippen LogP contribution is 2.21. The molecule has 0 saturated heterocycles. The lowest BCUT2D eigenvalue weighted by Gasteiger charge is -2.08. The van der Waals surface area contributed by atoms with Gasteiger partial charge >= 0.3 is 0 Å². The number of nitrogens with zero attached hydrogens (tertiary/aromatic N) is 5. The number of nitrogen functional groups attached to an aromatic ring is 2. The number of benzene rings is 2. The van der Waals surface area contributed by atoms with Gasteiger partial charge in [0.25, 0.3) is 0 Å². The summed E-state index contributed by atoms with van der Waals surface area (Å²) in [4.78, 5) is 8.58. The van der Waals surface area contributed by atoms with Gasteiger partial charge in [-0.2, -0.15) is 0 Å². The third kappa shape index (κ3) is 5.97. The largest absolute Gasteiger partial charge is 0.493 e. The van der Waals surface area contributed by atoms with Crippen molar-refractivity contribution in [2.45, 2.75) is 13.0 Å². The molecule has 0 bridgehead atoms. The first kappa shape index (κ1) is 23.3. The summed E-state index contributed by atoms with van der Waals surface area (Å²) in [5.74, 6) is 2.56. The van der Waals surface area contributed by atoms with Crippen LogP contribution in [0.4, 0.5) is 11.6 Å². The van der Waals surface area contributed by atoms with Gasteiger partial charge in [-0.05, 0) is 60.7 Å². The second-order valence-electron chi connectivity index (χ2n) is 8.21. The number of hydrogen-bond acceptors (Lipinski definition) is 9. The van der Waals surface area contributed by atoms with Crippen LogP contribution in [0, 0.1) is 0 Å². The van der Waals surface area contributed by atoms with Gasteiger partial charge in [-0.15, -0.1) is 5.10 Å². The van der Waals surface area contributed by atoms with Crippen molar-refractivity contribution in [3.05, 3.63) is 72.6 Å². The summed E-state index contributed by atoms with van der Waals surface area (Å²) < 4.78 is 19.1. The van der Waals surface area contributed by atoms with E-state index in [0.29, 0.717) is 51.0 Å². The maximum absolute atomic E-state index is 5.86. The Kier molecular flexibility index (Phi) is 7.04. The number of aromatic nitrogens is 5. The average Bonchev–Trinajstić information content (AvgIpc) is 3.33. The van der Waals surface area contributed by atoms with E-state index in [1.807, 2.05) is 54.7 Å². The number of rotatable bonds is 11. The molecule has 0 unspecified atom stereocenters. The molecule has 5 aromatic rings. The van der Waals surface area contributed by atoms with E-state index >= 15 is 0 Å². The monoisotopic (exact) mass is 485 g/mol. The zero-order valence-corrected chi connectivity index (χ0v) is 19.7. The van der Waals surface area contributed by atoms with Gasteiger partial charge in [0, 0.05) is 23.4 Å². The van der Waals surface area contributed by atoms with Gasteiger partial charge in [-0.1, -0.05) is 5.21 Å². The SMILES string of the molecule is Nc1ccc2cc(OCCOCCn3cc(CCOc4ccc5nc(N)ccc5c4)nn3)ccc2n1. The lowest BCUT2D eigenvalue weighted by atomic mass is 10.2. The van der Waals surface area contributed by atoms with E-state index in [9.17, 15) is 0 Å². The molecule has 0 aliphatic rings. The molecule has 2 aromatic carbocycles. The summed E-state index contributed by atoms with van der Waals surface area (Å²) in [6.45, 7) is 2.54. The van der Waals surface area contributed by atoms with E-state index < -0.39 is 0 Å². The third-order valence-corrected chi connectivity index (χ3v) is 5.54. The van der Waals surface area contributed by atoms with Gasteiger partial charge in [-0.25, -0.2) is 14.6 Å². The minimum absolute atomic E-state index is 0.450. The molecule has 184 valence electrons. The van der Waals surface area contributed by atoms with Gasteiger partial charge in [-0.3, -0.25) is 0 Å². The lowest BCUT2D eigenvalue weighted by Crippen LogP contribution is -2.11. The van der Waals surface area contributed by atoms with Crippen molar-refractivity contribution < 1.29 is 14.2 Å². The Morgan fingerprint density at radius 2 is 1.33 bits per heavy atom. The number of fused-ring (bicyclic) bond motifs is 2. The van der Waals surface area contributed by atoms with Gasteiger partial charge in [0.2, 0.25) is 0 Å². The fourth-order valence-corrected chi connectivity index (χ4v) is 3.73. The van der Waals surface area contributed by atoms with Crippen molar-refractivity contribution in [2.24, 2.45) is 0 Å². The molecule has 0 atom stereocenters. The molecular formula is C26H27N7O3. The van der Waals surface area contributed by atoms with Gasteiger partial charge in [0.05, 0.1) is 43.1 Å². The molecule has 5 rings (SSSR count). The Labute approximate surface area is 207 Å². The molecule has 0 aliphatic heterocycles. The minimum Gasteiger partial charge on any atom is -0.493 e. The first-order chi connectivity index (χ1) is 17.6. The topological polar surface area (TPSA) is 136 Å². The molecule has 4 N–H and O–H groups in total. The smallest absolute Gasteiger partial charge is 0.124 e. The highest BCUT2D eigenvalue weighted by atomic mass is 16.5. The Morgan fingerprint density at radius 1 is 0.694 bits per heavy atom. The highest BCUT2D eigenvalue weighted by Gasteiger charge is 2.04. The number of anilines is 2. The van der Waals surface area contributed by atoms with Crippen LogP contribution in [0.2, 0.25) is 0 Å². The number of nitrogens with two attached hydrogens (primary N) is 2. The molecule has 3 heterocycles. The highest BCUT2D eigenvalue weighted by molar-refractivity contribution is 5.82. The molecular weight excluding hydrogens is 458 g/mol. The van der Waals surface area contributed by atoms with E-state index in [2.05, 4.69) is 20.3 Å². The molecule has 0 aliphatic carbocycles. The van der Waals surface area contributed by atoms with Crippen molar-refractivity contribution in [1.29, 1.82) is 0 Å². The summed E-state index contributed by atoms with van der Waals surface area (Å²) in [5.41, 5.74) is 14.0. The van der Waals surface area contributed by atoms with Crippen LogP contribution in [0.15, 0.2) is 66.9 Å². The van der Waals surface area contributed by atoms with Crippen molar-refractivity contribution in [3.8, 4) is 11.5 Å². The fourth-order valence-electron chi connectivity index (χ4n) is 3.73. The van der Waals surface area contributed by atoms with E-state index in [0.717, 1.165) is 39.0 Å². The molecule has 0 radical (unpaired) electrons. The maximum atomic E-state index is 5.86. The molecule has 0 saturated carbocycles. The van der Waals surface area contributed by atoms with Crippen molar-refractivity contribution in [2.75, 3.05) is 37.9 Å². The summed E-state index contributed by atoms with van der Waals surface area (Å²) in [5, 5.41) is 10.3. The Morgan fingerprint density at radius 3 is 2.00 bits per heavy atom. The summed E-state index contributed by atoms with van der Waals surface area (Å²) in [6, 6.07) is 18.9. The standard InChI is InChI=1S/C26H27N7O3/c27-25-7-1-18-15-21(3-5-23(18)29-25)35-11-9-20-17-33(32-31-20)10-12-34-13-14-36-22-4-6-24-19(16-22)2-8-26(28)30-24/h1-8,15-17H,9-14H2,(H2,27,29)(H2,28,30). The van der Waals surface area contributed by atoms with E-state index in [4.69, 9.17) is 25.7 Å². The van der Waals surface area contributed by atoms with Gasteiger partial charge < -0.3 is 25.7 Å². The lowest BCUT2D eigenvalue weighted by molar-refractivity contribution is 0.0924.